The number of fused-ring (bicyclic) bond motifs is 5. The van der Waals surface area contributed by atoms with Crippen LogP contribution in [0.15, 0.2) is 36.4 Å². The fourth-order valence-electron chi connectivity index (χ4n) is 4.50. The lowest BCUT2D eigenvalue weighted by atomic mass is 9.77. The molecule has 1 spiro atoms. The highest BCUT2D eigenvalue weighted by molar-refractivity contribution is 5.49. The molecule has 3 aliphatic heterocycles. The molecule has 0 amide bonds. The van der Waals surface area contributed by atoms with Crippen molar-refractivity contribution in [1.29, 1.82) is 0 Å². The number of benzene rings is 2. The summed E-state index contributed by atoms with van der Waals surface area (Å²) >= 11 is 0. The zero-order valence-electron chi connectivity index (χ0n) is 14.7. The van der Waals surface area contributed by atoms with Crippen LogP contribution in [0.5, 0.6) is 11.5 Å². The first-order valence-electron chi connectivity index (χ1n) is 8.88. The summed E-state index contributed by atoms with van der Waals surface area (Å²) in [7, 11) is 0. The van der Waals surface area contributed by atoms with E-state index in [-0.39, 0.29) is 6.10 Å². The van der Waals surface area contributed by atoms with Gasteiger partial charge in [0.25, 0.3) is 0 Å². The van der Waals surface area contributed by atoms with E-state index in [2.05, 4.69) is 25.1 Å². The Bertz CT molecular complexity index is 876. The molecule has 1 saturated heterocycles. The third kappa shape index (κ3) is 1.89. The van der Waals surface area contributed by atoms with E-state index in [1.54, 1.807) is 0 Å². The molecule has 3 aliphatic rings. The van der Waals surface area contributed by atoms with Gasteiger partial charge in [-0.2, -0.15) is 0 Å². The smallest absolute Gasteiger partial charge is 0.234 e. The van der Waals surface area contributed by atoms with Crippen LogP contribution in [0.2, 0.25) is 0 Å². The number of rotatable bonds is 0. The third-order valence-corrected chi connectivity index (χ3v) is 5.98. The van der Waals surface area contributed by atoms with Crippen LogP contribution in [0.3, 0.4) is 0 Å². The van der Waals surface area contributed by atoms with E-state index >= 15 is 0 Å². The van der Waals surface area contributed by atoms with Gasteiger partial charge in [-0.05, 0) is 56.9 Å². The fourth-order valence-corrected chi connectivity index (χ4v) is 4.50. The molecule has 4 nitrogen and oxygen atoms in total. The summed E-state index contributed by atoms with van der Waals surface area (Å²) < 4.78 is 18.6. The Labute approximate surface area is 147 Å². The van der Waals surface area contributed by atoms with E-state index < -0.39 is 17.5 Å². The summed E-state index contributed by atoms with van der Waals surface area (Å²) in [5.41, 5.74) is 2.49. The zero-order valence-corrected chi connectivity index (χ0v) is 14.7. The van der Waals surface area contributed by atoms with Crippen LogP contribution in [0.4, 0.5) is 0 Å². The average Bonchev–Trinajstić information content (AvgIpc) is 2.99. The van der Waals surface area contributed by atoms with Gasteiger partial charge in [0.2, 0.25) is 6.29 Å². The first-order chi connectivity index (χ1) is 11.9. The normalized spacial score (nSPS) is 34.9. The first kappa shape index (κ1) is 15.2. The molecule has 2 aromatic rings. The summed E-state index contributed by atoms with van der Waals surface area (Å²) in [6.45, 7) is 6.11. The Morgan fingerprint density at radius 3 is 2.28 bits per heavy atom. The summed E-state index contributed by atoms with van der Waals surface area (Å²) in [5.74, 6) is 1.60. The Balaban J connectivity index is 1.56. The highest BCUT2D eigenvalue weighted by Gasteiger charge is 2.61. The van der Waals surface area contributed by atoms with Gasteiger partial charge >= 0.3 is 0 Å². The molecule has 4 heteroatoms. The predicted octanol–water partition coefficient (Wildman–Crippen LogP) is 3.70. The lowest BCUT2D eigenvalue weighted by Gasteiger charge is -2.44. The van der Waals surface area contributed by atoms with Crippen molar-refractivity contribution in [3.05, 3.63) is 58.7 Å². The monoisotopic (exact) mass is 338 g/mol. The van der Waals surface area contributed by atoms with Crippen molar-refractivity contribution in [2.24, 2.45) is 0 Å². The van der Waals surface area contributed by atoms with Gasteiger partial charge in [0.1, 0.15) is 23.2 Å². The second kappa shape index (κ2) is 4.77. The maximum Gasteiger partial charge on any atom is 0.234 e. The topological polar surface area (TPSA) is 47.9 Å². The van der Waals surface area contributed by atoms with E-state index in [4.69, 9.17) is 14.2 Å². The summed E-state index contributed by atoms with van der Waals surface area (Å²) in [5, 5.41) is 11.3. The van der Waals surface area contributed by atoms with Gasteiger partial charge in [0.05, 0.1) is 0 Å². The van der Waals surface area contributed by atoms with Crippen LogP contribution >= 0.6 is 0 Å². The van der Waals surface area contributed by atoms with E-state index in [1.165, 1.54) is 0 Å². The molecule has 4 unspecified atom stereocenters. The molecule has 1 N–H and O–H groups in total. The molecule has 1 fully saturated rings. The molecule has 25 heavy (non-hydrogen) atoms. The van der Waals surface area contributed by atoms with Crippen LogP contribution < -0.4 is 9.47 Å². The van der Waals surface area contributed by atoms with Crippen LogP contribution in [-0.4, -0.2) is 17.5 Å². The van der Waals surface area contributed by atoms with Crippen molar-refractivity contribution in [3.63, 3.8) is 0 Å². The van der Waals surface area contributed by atoms with Crippen molar-refractivity contribution >= 4 is 0 Å². The molecule has 2 aromatic carbocycles. The lowest BCUT2D eigenvalue weighted by Crippen LogP contribution is -2.54. The highest BCUT2D eigenvalue weighted by Crippen LogP contribution is 2.57. The van der Waals surface area contributed by atoms with E-state index in [1.807, 2.05) is 32.0 Å². The summed E-state index contributed by atoms with van der Waals surface area (Å²) in [4.78, 5) is 0. The summed E-state index contributed by atoms with van der Waals surface area (Å²) in [6, 6.07) is 12.2. The van der Waals surface area contributed by atoms with E-state index in [0.717, 1.165) is 33.8 Å². The van der Waals surface area contributed by atoms with Crippen LogP contribution in [0, 0.1) is 13.8 Å². The SMILES string of the molecule is Cc1ccc2c(c1)OC1OC3(CCC21O)c1ccc(C)cc1OC3C. The zero-order chi connectivity index (χ0) is 17.4. The van der Waals surface area contributed by atoms with Crippen molar-refractivity contribution in [3.8, 4) is 11.5 Å². The van der Waals surface area contributed by atoms with Crippen molar-refractivity contribution in [1.82, 2.24) is 0 Å². The Kier molecular flexibility index (Phi) is 2.91. The van der Waals surface area contributed by atoms with Gasteiger partial charge in [-0.25, -0.2) is 0 Å². The first-order valence-corrected chi connectivity index (χ1v) is 8.88. The number of ether oxygens (including phenoxy) is 3. The van der Waals surface area contributed by atoms with Crippen molar-refractivity contribution < 1.29 is 19.3 Å². The maximum absolute atomic E-state index is 11.3. The Morgan fingerprint density at radius 1 is 0.920 bits per heavy atom. The minimum atomic E-state index is -1.10. The molecule has 5 rings (SSSR count). The third-order valence-electron chi connectivity index (χ3n) is 5.98. The van der Waals surface area contributed by atoms with Gasteiger partial charge < -0.3 is 19.3 Å². The molecule has 0 bridgehead atoms. The molecule has 0 saturated carbocycles. The predicted molar refractivity (Wildman–Crippen MR) is 92.8 cm³/mol. The number of hydrogen-bond donors (Lipinski definition) is 1. The molecular weight excluding hydrogens is 316 g/mol. The van der Waals surface area contributed by atoms with Gasteiger partial charge in [-0.1, -0.05) is 24.3 Å². The van der Waals surface area contributed by atoms with Crippen LogP contribution in [0.25, 0.3) is 0 Å². The van der Waals surface area contributed by atoms with Crippen molar-refractivity contribution in [2.75, 3.05) is 0 Å². The Hall–Kier alpha value is -2.04. The molecule has 0 aliphatic carbocycles. The summed E-state index contributed by atoms with van der Waals surface area (Å²) in [6.07, 6.45) is 0.432. The molecule has 0 radical (unpaired) electrons. The number of aryl methyl sites for hydroxylation is 2. The van der Waals surface area contributed by atoms with Crippen LogP contribution in [-0.2, 0) is 15.9 Å². The average molecular weight is 338 g/mol. The van der Waals surface area contributed by atoms with Gasteiger partial charge in [0, 0.05) is 11.1 Å². The van der Waals surface area contributed by atoms with Gasteiger partial charge in [-0.3, -0.25) is 0 Å². The minimum absolute atomic E-state index is 0.122. The second-order valence-corrected chi connectivity index (χ2v) is 7.64. The lowest BCUT2D eigenvalue weighted by molar-refractivity contribution is -0.290. The quantitative estimate of drug-likeness (QED) is 0.796. The second-order valence-electron chi connectivity index (χ2n) is 7.64. The van der Waals surface area contributed by atoms with Crippen LogP contribution in [0.1, 0.15) is 42.0 Å². The number of hydrogen-bond acceptors (Lipinski definition) is 4. The molecule has 4 atom stereocenters. The van der Waals surface area contributed by atoms with Gasteiger partial charge in [0.15, 0.2) is 5.60 Å². The molecule has 3 heterocycles. The fraction of sp³-hybridized carbons (Fsp3) is 0.429. The van der Waals surface area contributed by atoms with Crippen molar-refractivity contribution in [2.45, 2.75) is 57.2 Å². The highest BCUT2D eigenvalue weighted by atomic mass is 16.7. The largest absolute Gasteiger partial charge is 0.487 e. The standard InChI is InChI=1S/C21H22O4/c1-12-4-6-15-17(10-12)24-19-20(15,22)8-9-21(25-19)14(3)23-18-11-13(2)5-7-16(18)21/h4-7,10-11,14,19,22H,8-9H2,1-3H3. The molecule has 0 aromatic heterocycles. The maximum atomic E-state index is 11.3. The molecule has 130 valence electrons. The number of aliphatic hydroxyl groups is 1. The van der Waals surface area contributed by atoms with E-state index in [0.29, 0.717) is 12.8 Å². The minimum Gasteiger partial charge on any atom is -0.487 e. The molecular formula is C21H22O4. The van der Waals surface area contributed by atoms with E-state index in [9.17, 15) is 5.11 Å². The van der Waals surface area contributed by atoms with Gasteiger partial charge in [-0.15, -0.1) is 0 Å². The Morgan fingerprint density at radius 2 is 1.56 bits per heavy atom.